The number of benzene rings is 4. The van der Waals surface area contributed by atoms with E-state index in [1.54, 1.807) is 21.6 Å². The molecule has 8 heteroatoms. The van der Waals surface area contributed by atoms with Crippen LogP contribution in [0.15, 0.2) is 131 Å². The molecular weight excluding hydrogens is 633 g/mol. The van der Waals surface area contributed by atoms with E-state index in [0.717, 1.165) is 49.1 Å². The molecule has 0 aromatic heterocycles. The zero-order valence-corrected chi connectivity index (χ0v) is 28.8. The van der Waals surface area contributed by atoms with Crippen LogP contribution in [-0.4, -0.2) is 96.9 Å². The van der Waals surface area contributed by atoms with E-state index in [1.165, 1.54) is 11.1 Å². The summed E-state index contributed by atoms with van der Waals surface area (Å²) in [6, 6.07) is 36.3. The number of hydrogen-bond donors (Lipinski definition) is 0. The molecule has 6 rings (SSSR count). The number of hydrogen-bond acceptors (Lipinski definition) is 6. The van der Waals surface area contributed by atoms with Gasteiger partial charge in [0, 0.05) is 75.2 Å². The lowest BCUT2D eigenvalue weighted by Gasteiger charge is -2.34. The van der Waals surface area contributed by atoms with Crippen molar-refractivity contribution >= 4 is 45.6 Å². The number of rotatable bonds is 11. The van der Waals surface area contributed by atoms with Gasteiger partial charge < -0.3 is 9.80 Å². The summed E-state index contributed by atoms with van der Waals surface area (Å²) in [5.41, 5.74) is 3.83. The molecule has 4 aromatic carbocycles. The average Bonchev–Trinajstić information content (AvgIpc) is 3.15. The Bertz CT molecular complexity index is 1570. The van der Waals surface area contributed by atoms with Crippen LogP contribution in [-0.2, 0) is 0 Å². The van der Waals surface area contributed by atoms with Crippen LogP contribution in [0.3, 0.4) is 0 Å². The normalized spacial score (nSPS) is 16.2. The molecule has 0 atom stereocenters. The summed E-state index contributed by atoms with van der Waals surface area (Å²) in [5.74, 6) is 0.137. The number of nitrogens with zero attached hydrogens (tertiary/aromatic N) is 4. The maximum Gasteiger partial charge on any atom is 0.255 e. The predicted octanol–water partition coefficient (Wildman–Crippen LogP) is 7.43. The van der Waals surface area contributed by atoms with E-state index < -0.39 is 0 Å². The molecule has 48 heavy (non-hydrogen) atoms. The molecule has 0 spiro atoms. The van der Waals surface area contributed by atoms with E-state index in [1.807, 2.05) is 94.7 Å². The van der Waals surface area contributed by atoms with E-state index in [9.17, 15) is 9.59 Å². The van der Waals surface area contributed by atoms with Gasteiger partial charge in [0.25, 0.3) is 11.8 Å². The molecule has 2 aliphatic rings. The summed E-state index contributed by atoms with van der Waals surface area (Å²) in [7, 11) is 3.10. The fourth-order valence-electron chi connectivity index (χ4n) is 5.93. The van der Waals surface area contributed by atoms with E-state index in [2.05, 4.69) is 58.4 Å². The highest BCUT2D eigenvalue weighted by atomic mass is 33.1. The van der Waals surface area contributed by atoms with Gasteiger partial charge in [-0.25, -0.2) is 0 Å². The van der Waals surface area contributed by atoms with E-state index >= 15 is 0 Å². The Hall–Kier alpha value is -4.08. The van der Waals surface area contributed by atoms with Crippen LogP contribution in [0.4, 0.5) is 0 Å². The van der Waals surface area contributed by atoms with Crippen LogP contribution in [0.1, 0.15) is 31.8 Å². The molecule has 2 amide bonds. The largest absolute Gasteiger partial charge is 0.336 e. The van der Waals surface area contributed by atoms with E-state index in [-0.39, 0.29) is 11.8 Å². The SMILES string of the molecule is O=C(c1ccccc1SSc1ccccc1C(=O)N1CCN(CC=Cc2ccccc2)CC1)N1CCN(CC=Cc2ccccc2)CC1. The van der Waals surface area contributed by atoms with Gasteiger partial charge in [0.05, 0.1) is 11.1 Å². The van der Waals surface area contributed by atoms with Gasteiger partial charge >= 0.3 is 0 Å². The molecule has 0 saturated carbocycles. The fraction of sp³-hybridized carbons (Fsp3) is 0.250. The molecule has 2 aliphatic heterocycles. The van der Waals surface area contributed by atoms with Crippen LogP contribution in [0.2, 0.25) is 0 Å². The number of amides is 2. The third kappa shape index (κ3) is 9.29. The molecule has 0 bridgehead atoms. The van der Waals surface area contributed by atoms with Gasteiger partial charge in [-0.1, -0.05) is 131 Å². The smallest absolute Gasteiger partial charge is 0.255 e. The minimum atomic E-state index is 0.0685. The Morgan fingerprint density at radius 2 is 0.833 bits per heavy atom. The number of piperazine rings is 2. The van der Waals surface area contributed by atoms with E-state index in [4.69, 9.17) is 0 Å². The summed E-state index contributed by atoms with van der Waals surface area (Å²) >= 11 is 0. The van der Waals surface area contributed by atoms with Gasteiger partial charge in [-0.2, -0.15) is 0 Å². The van der Waals surface area contributed by atoms with E-state index in [0.29, 0.717) is 37.3 Å². The summed E-state index contributed by atoms with van der Waals surface area (Å²) in [5, 5.41) is 0. The maximum absolute atomic E-state index is 13.7. The lowest BCUT2D eigenvalue weighted by molar-refractivity contribution is 0.0640. The Balaban J connectivity index is 1.00. The van der Waals surface area contributed by atoms with Crippen molar-refractivity contribution in [2.24, 2.45) is 0 Å². The molecule has 6 nitrogen and oxygen atoms in total. The summed E-state index contributed by atoms with van der Waals surface area (Å²) in [6.45, 7) is 7.98. The molecule has 2 saturated heterocycles. The van der Waals surface area contributed by atoms with Crippen LogP contribution in [0.25, 0.3) is 12.2 Å². The third-order valence-corrected chi connectivity index (χ3v) is 11.2. The molecule has 2 fully saturated rings. The molecule has 0 aliphatic carbocycles. The van der Waals surface area contributed by atoms with Gasteiger partial charge in [0.2, 0.25) is 0 Å². The number of carbonyl (C=O) groups is 2. The summed E-state index contributed by atoms with van der Waals surface area (Å²) in [4.78, 5) is 37.9. The first-order valence-corrected chi connectivity index (χ1v) is 18.8. The molecule has 2 heterocycles. The Kier molecular flexibility index (Phi) is 12.2. The lowest BCUT2D eigenvalue weighted by atomic mass is 10.1. The van der Waals surface area contributed by atoms with Crippen molar-refractivity contribution in [1.29, 1.82) is 0 Å². The Morgan fingerprint density at radius 3 is 1.23 bits per heavy atom. The maximum atomic E-state index is 13.7. The first-order chi connectivity index (χ1) is 23.6. The van der Waals surface area contributed by atoms with Crippen molar-refractivity contribution in [2.75, 3.05) is 65.4 Å². The van der Waals surface area contributed by atoms with Crippen molar-refractivity contribution in [3.63, 3.8) is 0 Å². The first-order valence-electron chi connectivity index (χ1n) is 16.6. The van der Waals surface area contributed by atoms with Crippen molar-refractivity contribution < 1.29 is 9.59 Å². The molecule has 246 valence electrons. The molecule has 0 radical (unpaired) electrons. The van der Waals surface area contributed by atoms with Gasteiger partial charge in [-0.05, 0) is 35.4 Å². The summed E-state index contributed by atoms with van der Waals surface area (Å²) in [6.07, 6.45) is 8.71. The topological polar surface area (TPSA) is 47.1 Å². The summed E-state index contributed by atoms with van der Waals surface area (Å²) < 4.78 is 0. The first kappa shape index (κ1) is 33.8. The predicted molar refractivity (Wildman–Crippen MR) is 200 cm³/mol. The highest BCUT2D eigenvalue weighted by Crippen LogP contribution is 2.41. The van der Waals surface area contributed by atoms with Crippen LogP contribution < -0.4 is 0 Å². The second kappa shape index (κ2) is 17.4. The van der Waals surface area contributed by atoms with Gasteiger partial charge in [0.1, 0.15) is 0 Å². The third-order valence-electron chi connectivity index (χ3n) is 8.72. The van der Waals surface area contributed by atoms with Crippen molar-refractivity contribution in [1.82, 2.24) is 19.6 Å². The van der Waals surface area contributed by atoms with Gasteiger partial charge in [-0.15, -0.1) is 0 Å². The van der Waals surface area contributed by atoms with Crippen molar-refractivity contribution in [3.8, 4) is 0 Å². The average molecular weight is 675 g/mol. The highest BCUT2D eigenvalue weighted by Gasteiger charge is 2.26. The zero-order valence-electron chi connectivity index (χ0n) is 27.2. The van der Waals surface area contributed by atoms with Crippen LogP contribution >= 0.6 is 21.6 Å². The minimum absolute atomic E-state index is 0.0685. The second-order valence-corrected chi connectivity index (χ2v) is 14.2. The van der Waals surface area contributed by atoms with Gasteiger partial charge in [0.15, 0.2) is 0 Å². The monoisotopic (exact) mass is 674 g/mol. The minimum Gasteiger partial charge on any atom is -0.336 e. The van der Waals surface area contributed by atoms with Crippen molar-refractivity contribution in [3.05, 3.63) is 144 Å². The Labute approximate surface area is 292 Å². The lowest BCUT2D eigenvalue weighted by Crippen LogP contribution is -2.48. The number of carbonyl (C=O) groups excluding carboxylic acids is 2. The highest BCUT2D eigenvalue weighted by molar-refractivity contribution is 8.76. The van der Waals surface area contributed by atoms with Crippen molar-refractivity contribution in [2.45, 2.75) is 9.79 Å². The molecular formula is C40H42N4O2S2. The molecule has 0 N–H and O–H groups in total. The van der Waals surface area contributed by atoms with Crippen LogP contribution in [0, 0.1) is 0 Å². The standard InChI is InChI=1S/C40H42N4O2S2/c45-39(43-29-25-41(26-30-43)23-11-17-33-13-3-1-4-14-33)35-19-7-9-21-37(35)47-48-38-22-10-8-20-36(38)40(46)44-31-27-42(28-32-44)24-12-18-34-15-5-2-6-16-34/h1-22H,23-32H2. The Morgan fingerprint density at radius 1 is 0.479 bits per heavy atom. The molecule has 0 unspecified atom stereocenters. The quantitative estimate of drug-likeness (QED) is 0.154. The molecule has 4 aromatic rings. The van der Waals surface area contributed by atoms with Crippen LogP contribution in [0.5, 0.6) is 0 Å². The second-order valence-electron chi connectivity index (χ2n) is 12.0. The fourth-order valence-corrected chi connectivity index (χ4v) is 8.28. The van der Waals surface area contributed by atoms with Gasteiger partial charge in [-0.3, -0.25) is 19.4 Å². The zero-order chi connectivity index (χ0) is 33.0.